The van der Waals surface area contributed by atoms with E-state index in [1.807, 2.05) is 20.8 Å². The summed E-state index contributed by atoms with van der Waals surface area (Å²) < 4.78 is 18.6. The van der Waals surface area contributed by atoms with E-state index in [2.05, 4.69) is 5.32 Å². The minimum atomic E-state index is -0.968. The Morgan fingerprint density at radius 3 is 2.45 bits per heavy atom. The van der Waals surface area contributed by atoms with Crippen molar-refractivity contribution in [2.45, 2.75) is 45.9 Å². The second-order valence-corrected chi connectivity index (χ2v) is 9.08. The second kappa shape index (κ2) is 9.58. The lowest BCUT2D eigenvalue weighted by Gasteiger charge is -2.38. The van der Waals surface area contributed by atoms with Crippen LogP contribution in [0, 0.1) is 11.2 Å². The van der Waals surface area contributed by atoms with Crippen molar-refractivity contribution in [3.63, 3.8) is 0 Å². The van der Waals surface area contributed by atoms with E-state index < -0.39 is 12.1 Å². The lowest BCUT2D eigenvalue weighted by atomic mass is 9.92. The van der Waals surface area contributed by atoms with Crippen LogP contribution in [0.3, 0.4) is 0 Å². The lowest BCUT2D eigenvalue weighted by Crippen LogP contribution is -2.51. The number of amides is 2. The molecule has 7 heteroatoms. The molecule has 2 aromatic carbocycles. The Bertz CT molecular complexity index is 907. The van der Waals surface area contributed by atoms with Crippen LogP contribution < -0.4 is 5.32 Å². The average Bonchev–Trinajstić information content (AvgIpc) is 2.69. The summed E-state index contributed by atoms with van der Waals surface area (Å²) in [4.78, 5) is 26.2. The van der Waals surface area contributed by atoms with E-state index in [1.165, 1.54) is 12.1 Å². The van der Waals surface area contributed by atoms with Gasteiger partial charge in [-0.3, -0.25) is 9.59 Å². The van der Waals surface area contributed by atoms with E-state index >= 15 is 0 Å². The Morgan fingerprint density at radius 1 is 1.19 bits per heavy atom. The maximum Gasteiger partial charge on any atom is 0.249 e. The Labute approximate surface area is 182 Å². The highest BCUT2D eigenvalue weighted by Gasteiger charge is 2.34. The zero-order valence-corrected chi connectivity index (χ0v) is 18.1. The quantitative estimate of drug-likeness (QED) is 0.736. The van der Waals surface area contributed by atoms with Crippen LogP contribution in [0.25, 0.3) is 0 Å². The van der Waals surface area contributed by atoms with Crippen LogP contribution in [0.1, 0.15) is 44.4 Å². The largest absolute Gasteiger partial charge is 0.386 e. The molecule has 2 N–H and O–H groups in total. The molecule has 1 aliphatic heterocycles. The summed E-state index contributed by atoms with van der Waals surface area (Å²) in [7, 11) is 0. The molecule has 3 rings (SSSR count). The highest BCUT2D eigenvalue weighted by molar-refractivity contribution is 5.91. The van der Waals surface area contributed by atoms with Crippen LogP contribution in [0.4, 0.5) is 10.1 Å². The summed E-state index contributed by atoms with van der Waals surface area (Å²) in [6.07, 6.45) is -0.568. The maximum absolute atomic E-state index is 13.2. The number of aliphatic hydroxyl groups is 1. The summed E-state index contributed by atoms with van der Waals surface area (Å²) in [5.41, 5.74) is 1.91. The van der Waals surface area contributed by atoms with Gasteiger partial charge in [0, 0.05) is 18.7 Å². The Kier molecular flexibility index (Phi) is 7.08. The molecule has 31 heavy (non-hydrogen) atoms. The summed E-state index contributed by atoms with van der Waals surface area (Å²) in [6, 6.07) is 12.3. The SMILES string of the molecule is CC(C)(C)CC(=O)Nc1ccc(C(O)C2COCC(=O)N2Cc2ccc(F)cc2)cc1. The molecule has 0 spiro atoms. The van der Waals surface area contributed by atoms with E-state index in [0.29, 0.717) is 17.7 Å². The van der Waals surface area contributed by atoms with Crippen molar-refractivity contribution in [3.05, 3.63) is 65.5 Å². The third-order valence-corrected chi connectivity index (χ3v) is 5.09. The van der Waals surface area contributed by atoms with Crippen LogP contribution in [-0.4, -0.2) is 41.1 Å². The molecule has 2 aromatic rings. The van der Waals surface area contributed by atoms with Crippen LogP contribution in [0.5, 0.6) is 0 Å². The zero-order valence-electron chi connectivity index (χ0n) is 18.1. The number of aliphatic hydroxyl groups excluding tert-OH is 1. The number of morpholine rings is 1. The number of carbonyl (C=O) groups excluding carboxylic acids is 2. The number of anilines is 1. The number of nitrogens with zero attached hydrogens (tertiary/aromatic N) is 1. The van der Waals surface area contributed by atoms with E-state index in [9.17, 15) is 19.1 Å². The molecule has 0 bridgehead atoms. The van der Waals surface area contributed by atoms with Crippen molar-refractivity contribution in [2.75, 3.05) is 18.5 Å². The van der Waals surface area contributed by atoms with Crippen LogP contribution in [0.2, 0.25) is 0 Å². The van der Waals surface area contributed by atoms with Gasteiger partial charge in [0.05, 0.1) is 12.6 Å². The Balaban J connectivity index is 1.70. The van der Waals surface area contributed by atoms with E-state index in [1.54, 1.807) is 41.3 Å². The third-order valence-electron chi connectivity index (χ3n) is 5.09. The van der Waals surface area contributed by atoms with Gasteiger partial charge < -0.3 is 20.1 Å². The van der Waals surface area contributed by atoms with Gasteiger partial charge in [-0.1, -0.05) is 45.0 Å². The van der Waals surface area contributed by atoms with Gasteiger partial charge in [-0.25, -0.2) is 4.39 Å². The number of benzene rings is 2. The molecule has 166 valence electrons. The molecule has 0 saturated carbocycles. The summed E-state index contributed by atoms with van der Waals surface area (Å²) >= 11 is 0. The van der Waals surface area contributed by atoms with Crippen LogP contribution in [0.15, 0.2) is 48.5 Å². The van der Waals surface area contributed by atoms with Crippen molar-refractivity contribution < 1.29 is 23.8 Å². The van der Waals surface area contributed by atoms with Crippen LogP contribution in [-0.2, 0) is 20.9 Å². The molecule has 0 radical (unpaired) electrons. The smallest absolute Gasteiger partial charge is 0.249 e. The van der Waals surface area contributed by atoms with Crippen molar-refractivity contribution in [1.82, 2.24) is 4.90 Å². The predicted octanol–water partition coefficient (Wildman–Crippen LogP) is 3.66. The summed E-state index contributed by atoms with van der Waals surface area (Å²) in [5, 5.41) is 13.8. The molecule has 1 fully saturated rings. The van der Waals surface area contributed by atoms with Gasteiger partial charge >= 0.3 is 0 Å². The minimum absolute atomic E-state index is 0.0524. The fourth-order valence-electron chi connectivity index (χ4n) is 3.55. The monoisotopic (exact) mass is 428 g/mol. The van der Waals surface area contributed by atoms with Crippen molar-refractivity contribution in [3.8, 4) is 0 Å². The maximum atomic E-state index is 13.2. The molecule has 0 aromatic heterocycles. The Hall–Kier alpha value is -2.77. The van der Waals surface area contributed by atoms with Gasteiger partial charge in [0.15, 0.2) is 0 Å². The van der Waals surface area contributed by atoms with Gasteiger partial charge in [0.2, 0.25) is 11.8 Å². The lowest BCUT2D eigenvalue weighted by molar-refractivity contribution is -0.155. The fourth-order valence-corrected chi connectivity index (χ4v) is 3.55. The van der Waals surface area contributed by atoms with Gasteiger partial charge in [0.1, 0.15) is 18.5 Å². The average molecular weight is 429 g/mol. The van der Waals surface area contributed by atoms with Gasteiger partial charge in [-0.15, -0.1) is 0 Å². The first-order valence-corrected chi connectivity index (χ1v) is 10.3. The third kappa shape index (κ3) is 6.35. The highest BCUT2D eigenvalue weighted by atomic mass is 19.1. The summed E-state index contributed by atoms with van der Waals surface area (Å²) in [6.45, 7) is 6.39. The molecule has 1 aliphatic rings. The number of hydrogen-bond donors (Lipinski definition) is 2. The molecule has 1 heterocycles. The number of hydrogen-bond acceptors (Lipinski definition) is 4. The van der Waals surface area contributed by atoms with E-state index in [0.717, 1.165) is 5.56 Å². The molecular weight excluding hydrogens is 399 g/mol. The number of rotatable bonds is 6. The molecule has 1 saturated heterocycles. The molecule has 6 nitrogen and oxygen atoms in total. The first-order valence-electron chi connectivity index (χ1n) is 10.3. The normalized spacial score (nSPS) is 18.0. The number of ether oxygens (including phenoxy) is 1. The van der Waals surface area contributed by atoms with Crippen molar-refractivity contribution in [2.24, 2.45) is 5.41 Å². The standard InChI is InChI=1S/C24H29FN2O4/c1-24(2,3)12-21(28)26-19-10-6-17(7-11-19)23(30)20-14-31-15-22(29)27(20)13-16-4-8-18(25)9-5-16/h4-11,20,23,30H,12-15H2,1-3H3,(H,26,28). The fraction of sp³-hybridized carbons (Fsp3) is 0.417. The van der Waals surface area contributed by atoms with Crippen LogP contribution >= 0.6 is 0 Å². The molecule has 0 aliphatic carbocycles. The zero-order chi connectivity index (χ0) is 22.6. The molecular formula is C24H29FN2O4. The first kappa shape index (κ1) is 22.9. The second-order valence-electron chi connectivity index (χ2n) is 9.08. The highest BCUT2D eigenvalue weighted by Crippen LogP contribution is 2.27. The number of nitrogens with one attached hydrogen (secondary N) is 1. The molecule has 2 amide bonds. The topological polar surface area (TPSA) is 78.9 Å². The van der Waals surface area contributed by atoms with Gasteiger partial charge in [-0.2, -0.15) is 0 Å². The Morgan fingerprint density at radius 2 is 1.84 bits per heavy atom. The van der Waals surface area contributed by atoms with Gasteiger partial charge in [-0.05, 0) is 40.8 Å². The van der Waals surface area contributed by atoms with Crippen molar-refractivity contribution in [1.29, 1.82) is 0 Å². The van der Waals surface area contributed by atoms with E-state index in [4.69, 9.17) is 4.74 Å². The number of carbonyl (C=O) groups is 2. The molecule has 2 atom stereocenters. The van der Waals surface area contributed by atoms with E-state index in [-0.39, 0.29) is 42.8 Å². The number of halogens is 1. The van der Waals surface area contributed by atoms with Crippen molar-refractivity contribution >= 4 is 17.5 Å². The summed E-state index contributed by atoms with van der Waals surface area (Å²) in [5.74, 6) is -0.647. The predicted molar refractivity (Wildman–Crippen MR) is 116 cm³/mol. The van der Waals surface area contributed by atoms with Gasteiger partial charge in [0.25, 0.3) is 0 Å². The first-order chi connectivity index (χ1) is 14.6. The molecule has 2 unspecified atom stereocenters. The minimum Gasteiger partial charge on any atom is -0.386 e.